The lowest BCUT2D eigenvalue weighted by molar-refractivity contribution is -0.113. The van der Waals surface area contributed by atoms with Crippen molar-refractivity contribution in [1.29, 1.82) is 5.26 Å². The van der Waals surface area contributed by atoms with Gasteiger partial charge in [-0.05, 0) is 31.2 Å². The second kappa shape index (κ2) is 8.72. The predicted octanol–water partition coefficient (Wildman–Crippen LogP) is 4.13. The van der Waals surface area contributed by atoms with Crippen molar-refractivity contribution in [1.82, 2.24) is 14.8 Å². The van der Waals surface area contributed by atoms with Crippen LogP contribution in [0.15, 0.2) is 17.8 Å². The zero-order valence-electron chi connectivity index (χ0n) is 15.6. The van der Waals surface area contributed by atoms with E-state index in [0.717, 1.165) is 37.1 Å². The molecule has 0 bridgehead atoms. The number of anilines is 1. The Hall–Kier alpha value is -2.11. The molecule has 2 aromatic heterocycles. The molecule has 0 atom stereocenters. The lowest BCUT2D eigenvalue weighted by Crippen LogP contribution is -2.15. The van der Waals surface area contributed by atoms with E-state index in [4.69, 9.17) is 0 Å². The van der Waals surface area contributed by atoms with Crippen LogP contribution in [-0.2, 0) is 24.2 Å². The molecule has 2 heterocycles. The summed E-state index contributed by atoms with van der Waals surface area (Å²) in [4.78, 5) is 13.7. The molecule has 0 fully saturated rings. The number of amides is 1. The number of thiophene rings is 1. The molecule has 0 saturated carbocycles. The zero-order chi connectivity index (χ0) is 19.4. The average Bonchev–Trinajstić information content (AvgIpc) is 3.20. The molecule has 0 spiro atoms. The van der Waals surface area contributed by atoms with E-state index >= 15 is 0 Å². The van der Waals surface area contributed by atoms with Gasteiger partial charge in [0.1, 0.15) is 16.9 Å². The number of aromatic nitrogens is 3. The van der Waals surface area contributed by atoms with Crippen molar-refractivity contribution >= 4 is 34.0 Å². The Labute approximate surface area is 167 Å². The van der Waals surface area contributed by atoms with Crippen molar-refractivity contribution < 1.29 is 4.79 Å². The third-order valence-corrected chi connectivity index (χ3v) is 6.62. The van der Waals surface area contributed by atoms with Gasteiger partial charge in [0.25, 0.3) is 0 Å². The van der Waals surface area contributed by atoms with Crippen LogP contribution in [0.4, 0.5) is 5.00 Å². The van der Waals surface area contributed by atoms with Crippen LogP contribution < -0.4 is 5.32 Å². The number of nitrogens with zero attached hydrogens (tertiary/aromatic N) is 4. The molecule has 8 heteroatoms. The molecule has 1 aliphatic rings. The van der Waals surface area contributed by atoms with E-state index in [0.29, 0.717) is 22.3 Å². The first-order valence-electron chi connectivity index (χ1n) is 9.06. The maximum Gasteiger partial charge on any atom is 0.235 e. The van der Waals surface area contributed by atoms with Crippen LogP contribution in [0.1, 0.15) is 54.4 Å². The molecule has 142 valence electrons. The molecule has 1 aliphatic carbocycles. The minimum atomic E-state index is -0.130. The van der Waals surface area contributed by atoms with E-state index in [1.165, 1.54) is 16.6 Å². The standard InChI is InChI=1S/C19H23N5OS2/c1-4-9-24-17(12(2)3)22-23-19(24)26-11-16(25)21-18-14(10-20)13-7-5-6-8-15(13)27-18/h4,12H,1,5-9,11H2,2-3H3,(H,21,25). The zero-order valence-corrected chi connectivity index (χ0v) is 17.3. The first-order chi connectivity index (χ1) is 13.0. The highest BCUT2D eigenvalue weighted by Gasteiger charge is 2.22. The van der Waals surface area contributed by atoms with Crippen molar-refractivity contribution in [3.8, 4) is 6.07 Å². The van der Waals surface area contributed by atoms with Gasteiger partial charge < -0.3 is 9.88 Å². The smallest absolute Gasteiger partial charge is 0.235 e. The molecule has 1 amide bonds. The van der Waals surface area contributed by atoms with Gasteiger partial charge in [0.15, 0.2) is 5.16 Å². The van der Waals surface area contributed by atoms with Crippen LogP contribution in [-0.4, -0.2) is 26.4 Å². The highest BCUT2D eigenvalue weighted by atomic mass is 32.2. The van der Waals surface area contributed by atoms with Crippen molar-refractivity contribution in [2.45, 2.75) is 57.1 Å². The number of carbonyl (C=O) groups excluding carboxylic acids is 1. The maximum absolute atomic E-state index is 12.5. The summed E-state index contributed by atoms with van der Waals surface area (Å²) in [7, 11) is 0. The van der Waals surface area contributed by atoms with Gasteiger partial charge in [0.2, 0.25) is 5.91 Å². The topological polar surface area (TPSA) is 83.6 Å². The van der Waals surface area contributed by atoms with Crippen LogP contribution in [0.2, 0.25) is 0 Å². The summed E-state index contributed by atoms with van der Waals surface area (Å²) in [6.07, 6.45) is 6.00. The Balaban J connectivity index is 1.68. The number of hydrogen-bond donors (Lipinski definition) is 1. The fourth-order valence-electron chi connectivity index (χ4n) is 3.20. The largest absolute Gasteiger partial charge is 0.316 e. The third-order valence-electron chi connectivity index (χ3n) is 4.44. The molecule has 3 rings (SSSR count). The quantitative estimate of drug-likeness (QED) is 0.557. The van der Waals surface area contributed by atoms with Crippen LogP contribution in [0.25, 0.3) is 0 Å². The Morgan fingerprint density at radius 3 is 2.93 bits per heavy atom. The highest BCUT2D eigenvalue weighted by molar-refractivity contribution is 7.99. The van der Waals surface area contributed by atoms with Crippen LogP contribution >= 0.6 is 23.1 Å². The predicted molar refractivity (Wildman–Crippen MR) is 109 cm³/mol. The summed E-state index contributed by atoms with van der Waals surface area (Å²) in [6, 6.07) is 2.28. The van der Waals surface area contributed by atoms with Gasteiger partial charge in [-0.25, -0.2) is 0 Å². The number of nitrogens with one attached hydrogen (secondary N) is 1. The first-order valence-corrected chi connectivity index (χ1v) is 10.9. The second-order valence-electron chi connectivity index (χ2n) is 6.76. The number of thioether (sulfide) groups is 1. The van der Waals surface area contributed by atoms with Gasteiger partial charge in [-0.1, -0.05) is 31.7 Å². The summed E-state index contributed by atoms with van der Waals surface area (Å²) < 4.78 is 1.99. The number of allylic oxidation sites excluding steroid dienone is 1. The number of aryl methyl sites for hydroxylation is 1. The molecule has 0 aliphatic heterocycles. The molecule has 0 saturated heterocycles. The number of rotatable bonds is 7. The minimum absolute atomic E-state index is 0.130. The third kappa shape index (κ3) is 4.25. The normalized spacial score (nSPS) is 13.3. The summed E-state index contributed by atoms with van der Waals surface area (Å²) in [6.45, 7) is 8.52. The van der Waals surface area contributed by atoms with Crippen LogP contribution in [0.3, 0.4) is 0 Å². The van der Waals surface area contributed by atoms with Crippen molar-refractivity contribution in [3.05, 3.63) is 34.5 Å². The Kier molecular flexibility index (Phi) is 6.34. The first kappa shape index (κ1) is 19.6. The van der Waals surface area contributed by atoms with Gasteiger partial charge in [0.05, 0.1) is 11.3 Å². The summed E-state index contributed by atoms with van der Waals surface area (Å²) in [5.41, 5.74) is 1.77. The Morgan fingerprint density at radius 1 is 1.44 bits per heavy atom. The van der Waals surface area contributed by atoms with Gasteiger partial charge in [0, 0.05) is 17.3 Å². The van der Waals surface area contributed by atoms with E-state index in [2.05, 4.69) is 42.0 Å². The number of carbonyl (C=O) groups is 1. The van der Waals surface area contributed by atoms with Crippen LogP contribution in [0, 0.1) is 11.3 Å². The van der Waals surface area contributed by atoms with Gasteiger partial charge in [-0.3, -0.25) is 4.79 Å². The van der Waals surface area contributed by atoms with Gasteiger partial charge in [-0.15, -0.1) is 28.1 Å². The highest BCUT2D eigenvalue weighted by Crippen LogP contribution is 2.37. The fraction of sp³-hybridized carbons (Fsp3) is 0.474. The molecular weight excluding hydrogens is 378 g/mol. The summed E-state index contributed by atoms with van der Waals surface area (Å²) >= 11 is 2.90. The number of fused-ring (bicyclic) bond motifs is 1. The Bertz CT molecular complexity index is 891. The summed E-state index contributed by atoms with van der Waals surface area (Å²) in [5.74, 6) is 1.22. The molecule has 0 unspecified atom stereocenters. The van der Waals surface area contributed by atoms with Crippen molar-refractivity contribution in [3.63, 3.8) is 0 Å². The molecule has 6 nitrogen and oxygen atoms in total. The van der Waals surface area contributed by atoms with Crippen LogP contribution in [0.5, 0.6) is 0 Å². The molecule has 0 radical (unpaired) electrons. The molecule has 1 N–H and O–H groups in total. The Morgan fingerprint density at radius 2 is 2.22 bits per heavy atom. The molecular formula is C19H23N5OS2. The molecule has 27 heavy (non-hydrogen) atoms. The lowest BCUT2D eigenvalue weighted by atomic mass is 9.96. The maximum atomic E-state index is 12.5. The van der Waals surface area contributed by atoms with E-state index in [1.54, 1.807) is 17.4 Å². The molecule has 2 aromatic rings. The SMILES string of the molecule is C=CCn1c(SCC(=O)Nc2sc3c(c2C#N)CCCC3)nnc1C(C)C. The van der Waals surface area contributed by atoms with E-state index < -0.39 is 0 Å². The van der Waals surface area contributed by atoms with E-state index in [1.807, 2.05) is 4.57 Å². The number of hydrogen-bond acceptors (Lipinski definition) is 6. The fourth-order valence-corrected chi connectivity index (χ4v) is 5.21. The average molecular weight is 402 g/mol. The summed E-state index contributed by atoms with van der Waals surface area (Å²) in [5, 5.41) is 22.3. The number of nitriles is 1. The second-order valence-corrected chi connectivity index (χ2v) is 8.81. The van der Waals surface area contributed by atoms with E-state index in [-0.39, 0.29) is 17.6 Å². The lowest BCUT2D eigenvalue weighted by Gasteiger charge is -2.09. The van der Waals surface area contributed by atoms with Gasteiger partial charge in [-0.2, -0.15) is 5.26 Å². The molecule has 0 aromatic carbocycles. The van der Waals surface area contributed by atoms with Crippen molar-refractivity contribution in [2.75, 3.05) is 11.1 Å². The minimum Gasteiger partial charge on any atom is -0.316 e. The monoisotopic (exact) mass is 401 g/mol. The van der Waals surface area contributed by atoms with E-state index in [9.17, 15) is 10.1 Å². The van der Waals surface area contributed by atoms with Crippen molar-refractivity contribution in [2.24, 2.45) is 0 Å². The van der Waals surface area contributed by atoms with Gasteiger partial charge >= 0.3 is 0 Å².